The van der Waals surface area contributed by atoms with Crippen molar-refractivity contribution in [3.05, 3.63) is 61.2 Å². The molecule has 0 unspecified atom stereocenters. The first kappa shape index (κ1) is 23.2. The SMILES string of the molecule is C=CCC(F)(F)C(=O)OC[C@@H](NC(=O)OCc1ccccc1)C(F)(F)CC=C. The number of hydrogen-bond acceptors (Lipinski definition) is 4. The van der Waals surface area contributed by atoms with Gasteiger partial charge in [-0.3, -0.25) is 0 Å². The van der Waals surface area contributed by atoms with E-state index < -0.39 is 49.4 Å². The van der Waals surface area contributed by atoms with Crippen LogP contribution in [0.2, 0.25) is 0 Å². The number of hydrogen-bond donors (Lipinski definition) is 1. The van der Waals surface area contributed by atoms with Gasteiger partial charge in [0.1, 0.15) is 19.3 Å². The minimum absolute atomic E-state index is 0.191. The topological polar surface area (TPSA) is 64.6 Å². The third-order valence-corrected chi connectivity index (χ3v) is 3.51. The summed E-state index contributed by atoms with van der Waals surface area (Å²) < 4.78 is 64.3. The molecule has 1 rings (SSSR count). The molecule has 28 heavy (non-hydrogen) atoms. The van der Waals surface area contributed by atoms with E-state index in [4.69, 9.17) is 4.74 Å². The highest BCUT2D eigenvalue weighted by Crippen LogP contribution is 2.26. The van der Waals surface area contributed by atoms with Gasteiger partial charge in [0.25, 0.3) is 5.92 Å². The van der Waals surface area contributed by atoms with Crippen molar-refractivity contribution in [3.8, 4) is 0 Å². The highest BCUT2D eigenvalue weighted by molar-refractivity contribution is 5.77. The Bertz CT molecular complexity index is 680. The number of allylic oxidation sites excluding steroid dienone is 2. The first-order chi connectivity index (χ1) is 13.1. The van der Waals surface area contributed by atoms with Crippen LogP contribution in [0, 0.1) is 0 Å². The molecule has 0 aromatic heterocycles. The van der Waals surface area contributed by atoms with E-state index in [0.29, 0.717) is 5.56 Å². The lowest BCUT2D eigenvalue weighted by Gasteiger charge is -2.27. The molecule has 9 heteroatoms. The van der Waals surface area contributed by atoms with Crippen molar-refractivity contribution < 1.29 is 36.6 Å². The van der Waals surface area contributed by atoms with Gasteiger partial charge in [-0.15, -0.1) is 13.2 Å². The number of ether oxygens (including phenoxy) is 2. The molecule has 0 saturated heterocycles. The van der Waals surface area contributed by atoms with Gasteiger partial charge >= 0.3 is 18.0 Å². The van der Waals surface area contributed by atoms with Crippen molar-refractivity contribution >= 4 is 12.1 Å². The molecule has 1 aromatic carbocycles. The van der Waals surface area contributed by atoms with E-state index in [1.807, 2.05) is 5.32 Å². The molecular weight excluding hydrogens is 382 g/mol. The average molecular weight is 403 g/mol. The van der Waals surface area contributed by atoms with Gasteiger partial charge < -0.3 is 14.8 Å². The molecule has 0 heterocycles. The van der Waals surface area contributed by atoms with Crippen molar-refractivity contribution in [2.75, 3.05) is 6.61 Å². The molecule has 0 aliphatic carbocycles. The minimum Gasteiger partial charge on any atom is -0.459 e. The lowest BCUT2D eigenvalue weighted by molar-refractivity contribution is -0.175. The lowest BCUT2D eigenvalue weighted by atomic mass is 10.1. The van der Waals surface area contributed by atoms with Crippen LogP contribution in [0.25, 0.3) is 0 Å². The average Bonchev–Trinajstić information content (AvgIpc) is 2.63. The first-order valence-electron chi connectivity index (χ1n) is 8.24. The van der Waals surface area contributed by atoms with Crippen LogP contribution in [0.15, 0.2) is 55.6 Å². The number of carbonyl (C=O) groups is 2. The molecule has 154 valence electrons. The van der Waals surface area contributed by atoms with E-state index >= 15 is 0 Å². The fourth-order valence-corrected chi connectivity index (χ4v) is 2.04. The summed E-state index contributed by atoms with van der Waals surface area (Å²) in [6.45, 7) is 4.89. The molecule has 1 amide bonds. The quantitative estimate of drug-likeness (QED) is 0.341. The Morgan fingerprint density at radius 1 is 1.04 bits per heavy atom. The van der Waals surface area contributed by atoms with Gasteiger partial charge in [-0.2, -0.15) is 8.78 Å². The zero-order valence-corrected chi connectivity index (χ0v) is 15.0. The van der Waals surface area contributed by atoms with E-state index in [2.05, 4.69) is 17.9 Å². The van der Waals surface area contributed by atoms with Crippen LogP contribution in [0.3, 0.4) is 0 Å². The zero-order chi connectivity index (χ0) is 21.2. The monoisotopic (exact) mass is 403 g/mol. The zero-order valence-electron chi connectivity index (χ0n) is 15.0. The molecule has 0 aliphatic heterocycles. The molecular formula is C19H21F4NO4. The van der Waals surface area contributed by atoms with Gasteiger partial charge in [0.05, 0.1) is 0 Å². The Morgan fingerprint density at radius 2 is 1.64 bits per heavy atom. The predicted octanol–water partition coefficient (Wildman–Crippen LogP) is 4.25. The van der Waals surface area contributed by atoms with Crippen LogP contribution in [0.1, 0.15) is 18.4 Å². The van der Waals surface area contributed by atoms with E-state index in [0.717, 1.165) is 12.2 Å². The smallest absolute Gasteiger partial charge is 0.408 e. The molecule has 1 aromatic rings. The summed E-state index contributed by atoms with van der Waals surface area (Å²) in [6, 6.07) is 6.35. The second-order valence-corrected chi connectivity index (χ2v) is 5.81. The Morgan fingerprint density at radius 3 is 2.21 bits per heavy atom. The fourth-order valence-electron chi connectivity index (χ4n) is 2.04. The molecule has 1 atom stereocenters. The number of alkyl halides is 4. The number of esters is 1. The number of benzene rings is 1. The molecule has 0 radical (unpaired) electrons. The normalized spacial score (nSPS) is 12.6. The van der Waals surface area contributed by atoms with Crippen LogP contribution >= 0.6 is 0 Å². The molecule has 1 N–H and O–H groups in total. The first-order valence-corrected chi connectivity index (χ1v) is 8.24. The van der Waals surface area contributed by atoms with Gasteiger partial charge in [-0.25, -0.2) is 18.4 Å². The number of halogens is 4. The summed E-state index contributed by atoms with van der Waals surface area (Å²) >= 11 is 0. The van der Waals surface area contributed by atoms with Gasteiger partial charge in [0.15, 0.2) is 0 Å². The van der Waals surface area contributed by atoms with E-state index in [-0.39, 0.29) is 6.61 Å². The number of alkyl carbamates (subject to hydrolysis) is 1. The van der Waals surface area contributed by atoms with Gasteiger partial charge in [-0.1, -0.05) is 42.5 Å². The number of rotatable bonds is 11. The van der Waals surface area contributed by atoms with Gasteiger partial charge in [0.2, 0.25) is 0 Å². The Balaban J connectivity index is 2.74. The molecule has 0 bridgehead atoms. The Hall–Kier alpha value is -2.84. The van der Waals surface area contributed by atoms with Crippen LogP contribution < -0.4 is 5.32 Å². The molecule has 0 saturated carbocycles. The molecule has 5 nitrogen and oxygen atoms in total. The number of nitrogens with one attached hydrogen (secondary N) is 1. The second kappa shape index (κ2) is 10.5. The highest BCUT2D eigenvalue weighted by atomic mass is 19.3. The van der Waals surface area contributed by atoms with Crippen LogP contribution in [0.5, 0.6) is 0 Å². The van der Waals surface area contributed by atoms with Crippen molar-refractivity contribution in [3.63, 3.8) is 0 Å². The van der Waals surface area contributed by atoms with Crippen LogP contribution in [-0.4, -0.2) is 36.6 Å². The number of amides is 1. The minimum atomic E-state index is -3.91. The lowest BCUT2D eigenvalue weighted by Crippen LogP contribution is -2.51. The summed E-state index contributed by atoms with van der Waals surface area (Å²) in [5.41, 5.74) is 0.613. The highest BCUT2D eigenvalue weighted by Gasteiger charge is 2.44. The molecule has 0 aliphatic rings. The maximum Gasteiger partial charge on any atom is 0.408 e. The summed E-state index contributed by atoms with van der Waals surface area (Å²) in [5, 5.41) is 1.85. The maximum atomic E-state index is 14.2. The third kappa shape index (κ3) is 7.42. The largest absolute Gasteiger partial charge is 0.459 e. The van der Waals surface area contributed by atoms with Crippen LogP contribution in [0.4, 0.5) is 22.4 Å². The van der Waals surface area contributed by atoms with Gasteiger partial charge in [0, 0.05) is 12.8 Å². The molecule has 0 spiro atoms. The predicted molar refractivity (Wildman–Crippen MR) is 94.0 cm³/mol. The van der Waals surface area contributed by atoms with Gasteiger partial charge in [-0.05, 0) is 5.56 Å². The summed E-state index contributed by atoms with van der Waals surface area (Å²) in [6.07, 6.45) is -1.42. The Labute approximate surface area is 160 Å². The van der Waals surface area contributed by atoms with Crippen molar-refractivity contribution in [1.82, 2.24) is 5.32 Å². The second-order valence-electron chi connectivity index (χ2n) is 5.81. The van der Waals surface area contributed by atoms with Crippen molar-refractivity contribution in [2.45, 2.75) is 37.3 Å². The van der Waals surface area contributed by atoms with E-state index in [1.54, 1.807) is 30.3 Å². The standard InChI is InChI=1S/C19H21F4NO4/c1-3-10-18(20,21)15(13-27-16(25)19(22,23)11-4-2)24-17(26)28-12-14-8-6-5-7-9-14/h3-9,15H,1-2,10-13H2,(H,24,26)/t15-/m1/s1. The van der Waals surface area contributed by atoms with Crippen molar-refractivity contribution in [2.24, 2.45) is 0 Å². The number of carbonyl (C=O) groups excluding carboxylic acids is 2. The summed E-state index contributed by atoms with van der Waals surface area (Å²) in [7, 11) is 0. The van der Waals surface area contributed by atoms with E-state index in [9.17, 15) is 27.2 Å². The van der Waals surface area contributed by atoms with E-state index in [1.165, 1.54) is 0 Å². The summed E-state index contributed by atoms with van der Waals surface area (Å²) in [5.74, 6) is -9.51. The van der Waals surface area contributed by atoms with Crippen LogP contribution in [-0.2, 0) is 20.9 Å². The maximum absolute atomic E-state index is 14.2. The Kier molecular flexibility index (Phi) is 8.69. The molecule has 0 fully saturated rings. The fraction of sp³-hybridized carbons (Fsp3) is 0.368. The summed E-state index contributed by atoms with van der Waals surface area (Å²) in [4.78, 5) is 23.2. The van der Waals surface area contributed by atoms with Crippen molar-refractivity contribution in [1.29, 1.82) is 0 Å². The third-order valence-electron chi connectivity index (χ3n) is 3.51.